The van der Waals surface area contributed by atoms with Crippen molar-refractivity contribution in [3.8, 4) is 0 Å². The van der Waals surface area contributed by atoms with Crippen LogP contribution in [0.3, 0.4) is 0 Å². The minimum absolute atomic E-state index is 0.0400. The molecule has 1 amide bonds. The van der Waals surface area contributed by atoms with Crippen LogP contribution in [0, 0.1) is 0 Å². The van der Waals surface area contributed by atoms with Crippen molar-refractivity contribution in [3.05, 3.63) is 36.5 Å². The number of allylic oxidation sites excluding steroid dienone is 4. The molecule has 0 aromatic rings. The number of aliphatic hydroxyl groups excluding tert-OH is 2. The van der Waals surface area contributed by atoms with Crippen LogP contribution in [-0.4, -0.2) is 59.0 Å². The van der Waals surface area contributed by atoms with Crippen LogP contribution in [0.2, 0.25) is 0 Å². The summed E-state index contributed by atoms with van der Waals surface area (Å²) >= 11 is 0. The third-order valence-corrected chi connectivity index (χ3v) is 7.76. The summed E-state index contributed by atoms with van der Waals surface area (Å²) in [6.45, 7) is 3.83. The Morgan fingerprint density at radius 2 is 1.38 bits per heavy atom. The van der Waals surface area contributed by atoms with Crippen LogP contribution < -0.4 is 11.1 Å². The Kier molecular flexibility index (Phi) is 27.6. The van der Waals surface area contributed by atoms with E-state index in [0.29, 0.717) is 6.42 Å². The van der Waals surface area contributed by atoms with Gasteiger partial charge < -0.3 is 26.2 Å². The highest BCUT2D eigenvalue weighted by molar-refractivity contribution is 7.47. The van der Waals surface area contributed by atoms with Crippen molar-refractivity contribution in [3.63, 3.8) is 0 Å². The summed E-state index contributed by atoms with van der Waals surface area (Å²) in [6.07, 6.45) is 27.0. The molecule has 0 heterocycles. The predicted molar refractivity (Wildman–Crippen MR) is 172 cm³/mol. The maximum atomic E-state index is 12.6. The number of carbonyl (C=O) groups excluding carboxylic acids is 1. The van der Waals surface area contributed by atoms with Gasteiger partial charge in [0.1, 0.15) is 0 Å². The molecule has 0 aliphatic carbocycles. The second-order valence-corrected chi connectivity index (χ2v) is 12.3. The fourth-order valence-corrected chi connectivity index (χ4v) is 5.05. The van der Waals surface area contributed by atoms with Gasteiger partial charge in [0, 0.05) is 6.54 Å². The molecule has 246 valence electrons. The lowest BCUT2D eigenvalue weighted by molar-refractivity contribution is -0.124. The third-order valence-electron chi connectivity index (χ3n) is 6.77. The Morgan fingerprint density at radius 1 is 0.810 bits per heavy atom. The number of carbonyl (C=O) groups is 1. The van der Waals surface area contributed by atoms with Gasteiger partial charge in [0.05, 0.1) is 37.9 Å². The maximum absolute atomic E-state index is 12.6. The fourth-order valence-electron chi connectivity index (χ4n) is 4.29. The smallest absolute Gasteiger partial charge is 0.389 e. The van der Waals surface area contributed by atoms with E-state index < -0.39 is 38.6 Å². The van der Waals surface area contributed by atoms with Crippen molar-refractivity contribution in [1.29, 1.82) is 0 Å². The first-order valence-corrected chi connectivity index (χ1v) is 17.7. The van der Waals surface area contributed by atoms with E-state index >= 15 is 0 Å². The minimum atomic E-state index is -4.40. The zero-order valence-corrected chi connectivity index (χ0v) is 27.2. The zero-order valence-electron chi connectivity index (χ0n) is 26.3. The predicted octanol–water partition coefficient (Wildman–Crippen LogP) is 6.63. The Labute approximate surface area is 255 Å². The summed E-state index contributed by atoms with van der Waals surface area (Å²) in [6, 6.07) is -1.01. The van der Waals surface area contributed by atoms with Crippen LogP contribution in [0.1, 0.15) is 123 Å². The van der Waals surface area contributed by atoms with E-state index in [1.165, 1.54) is 70.6 Å². The first-order valence-electron chi connectivity index (χ1n) is 16.2. The SMILES string of the molecule is CCCCCCCC/C=C\C/C=C\C(O)CC(=O)NC(COP(=O)(O)OCCN)C(O)/C=C/CCCCCCCCC. The second-order valence-electron chi connectivity index (χ2n) is 10.9. The Bertz CT molecular complexity index is 776. The summed E-state index contributed by atoms with van der Waals surface area (Å²) in [5.41, 5.74) is 5.31. The van der Waals surface area contributed by atoms with E-state index in [9.17, 15) is 24.5 Å². The van der Waals surface area contributed by atoms with Crippen LogP contribution in [0.4, 0.5) is 0 Å². The van der Waals surface area contributed by atoms with Crippen molar-refractivity contribution < 1.29 is 33.5 Å². The van der Waals surface area contributed by atoms with E-state index in [1.807, 2.05) is 12.2 Å². The number of phosphoric ester groups is 1. The molecule has 4 atom stereocenters. The molecule has 0 aromatic carbocycles. The monoisotopic (exact) mass is 616 g/mol. The summed E-state index contributed by atoms with van der Waals surface area (Å²) in [7, 11) is -4.40. The summed E-state index contributed by atoms with van der Waals surface area (Å²) in [5, 5.41) is 23.6. The van der Waals surface area contributed by atoms with Crippen molar-refractivity contribution in [2.75, 3.05) is 19.8 Å². The van der Waals surface area contributed by atoms with Crippen molar-refractivity contribution in [2.45, 2.75) is 141 Å². The third kappa shape index (κ3) is 26.3. The van der Waals surface area contributed by atoms with E-state index in [2.05, 4.69) is 31.3 Å². The fraction of sp³-hybridized carbons (Fsp3) is 0.781. The van der Waals surface area contributed by atoms with Crippen LogP contribution in [0.15, 0.2) is 36.5 Å². The van der Waals surface area contributed by atoms with Gasteiger partial charge in [0.25, 0.3) is 0 Å². The van der Waals surface area contributed by atoms with Crippen molar-refractivity contribution in [2.24, 2.45) is 5.73 Å². The zero-order chi connectivity index (χ0) is 31.3. The van der Waals surface area contributed by atoms with Gasteiger partial charge in [-0.1, -0.05) is 121 Å². The molecule has 0 spiro atoms. The van der Waals surface area contributed by atoms with Crippen LogP contribution >= 0.6 is 7.82 Å². The number of rotatable bonds is 29. The molecule has 0 fully saturated rings. The number of unbranched alkanes of at least 4 members (excludes halogenated alkanes) is 13. The number of hydrogen-bond acceptors (Lipinski definition) is 7. The lowest BCUT2D eigenvalue weighted by atomic mass is 10.1. The highest BCUT2D eigenvalue weighted by Crippen LogP contribution is 2.43. The minimum Gasteiger partial charge on any atom is -0.389 e. The van der Waals surface area contributed by atoms with Crippen LogP contribution in [0.5, 0.6) is 0 Å². The quantitative estimate of drug-likeness (QED) is 0.0357. The molecule has 0 bridgehead atoms. The highest BCUT2D eigenvalue weighted by atomic mass is 31.2. The molecular formula is C32H61N2O7P. The topological polar surface area (TPSA) is 151 Å². The van der Waals surface area contributed by atoms with Crippen molar-refractivity contribution >= 4 is 13.7 Å². The molecule has 0 radical (unpaired) electrons. The molecule has 0 rings (SSSR count). The lowest BCUT2D eigenvalue weighted by Crippen LogP contribution is -2.46. The number of hydrogen-bond donors (Lipinski definition) is 5. The van der Waals surface area contributed by atoms with Gasteiger partial charge in [-0.2, -0.15) is 0 Å². The molecular weight excluding hydrogens is 555 g/mol. The molecule has 0 aliphatic heterocycles. The normalized spacial score (nSPS) is 15.9. The van der Waals surface area contributed by atoms with Crippen molar-refractivity contribution in [1.82, 2.24) is 5.32 Å². The van der Waals surface area contributed by atoms with Gasteiger partial charge in [0.15, 0.2) is 0 Å². The average Bonchev–Trinajstić information content (AvgIpc) is 2.96. The average molecular weight is 617 g/mol. The second kappa shape index (κ2) is 28.5. The molecule has 42 heavy (non-hydrogen) atoms. The van der Waals surface area contributed by atoms with E-state index in [4.69, 9.17) is 14.8 Å². The molecule has 6 N–H and O–H groups in total. The number of nitrogens with two attached hydrogens (primary N) is 1. The molecule has 0 saturated carbocycles. The van der Waals surface area contributed by atoms with Gasteiger partial charge in [-0.25, -0.2) is 4.57 Å². The van der Waals surface area contributed by atoms with E-state index in [1.54, 1.807) is 12.2 Å². The molecule has 0 saturated heterocycles. The standard InChI is InChI=1S/C32H61N2O7P/c1-3-5-7-9-11-13-14-16-17-19-21-23-29(35)27-32(37)34-30(28-41-42(38,39)40-26-25-33)31(36)24-22-20-18-15-12-10-8-6-4-2/h16-17,21-24,29-31,35-36H,3-15,18-20,25-28,33H2,1-2H3,(H,34,37)(H,38,39)/b17-16-,23-21-,24-22+. The summed E-state index contributed by atoms with van der Waals surface area (Å²) < 4.78 is 21.8. The lowest BCUT2D eigenvalue weighted by Gasteiger charge is -2.23. The Hall–Kier alpha value is -1.32. The first-order chi connectivity index (χ1) is 20.3. The molecule has 0 aliphatic rings. The number of nitrogens with one attached hydrogen (secondary N) is 1. The molecule has 10 heteroatoms. The van der Waals surface area contributed by atoms with Crippen LogP contribution in [0.25, 0.3) is 0 Å². The number of amides is 1. The van der Waals surface area contributed by atoms with Crippen LogP contribution in [-0.2, 0) is 18.4 Å². The van der Waals surface area contributed by atoms with Gasteiger partial charge in [-0.3, -0.25) is 13.8 Å². The van der Waals surface area contributed by atoms with Gasteiger partial charge in [0.2, 0.25) is 5.91 Å². The number of aliphatic hydroxyl groups is 2. The number of phosphoric acid groups is 1. The Balaban J connectivity index is 4.68. The van der Waals surface area contributed by atoms with Gasteiger partial charge >= 0.3 is 7.82 Å². The van der Waals surface area contributed by atoms with Gasteiger partial charge in [-0.15, -0.1) is 0 Å². The Morgan fingerprint density at radius 3 is 1.98 bits per heavy atom. The molecule has 0 aromatic heterocycles. The summed E-state index contributed by atoms with van der Waals surface area (Å²) in [4.78, 5) is 22.4. The highest BCUT2D eigenvalue weighted by Gasteiger charge is 2.27. The maximum Gasteiger partial charge on any atom is 0.472 e. The first kappa shape index (κ1) is 40.7. The van der Waals surface area contributed by atoms with Gasteiger partial charge in [-0.05, 0) is 32.1 Å². The molecule has 9 nitrogen and oxygen atoms in total. The summed E-state index contributed by atoms with van der Waals surface area (Å²) in [5.74, 6) is -0.519. The molecule has 4 unspecified atom stereocenters. The van der Waals surface area contributed by atoms with E-state index in [0.717, 1.165) is 25.7 Å². The van der Waals surface area contributed by atoms with E-state index in [-0.39, 0.29) is 19.6 Å². The largest absolute Gasteiger partial charge is 0.472 e.